The van der Waals surface area contributed by atoms with Crippen LogP contribution in [0, 0.1) is 0 Å². The van der Waals surface area contributed by atoms with Gasteiger partial charge in [-0.2, -0.15) is 0 Å². The molecule has 1 aromatic rings. The molecule has 0 amide bonds. The standard InChI is InChI=1S/C11H18N4O4.HI/c1-12-6-15(4-7(17)5-16)8-9(12)13(2)11(19)14(3)10(8)18;/h7,16-17H,4-6H2,1-3H3;1H. The molecular formula is C11H19IN4O4. The third-order valence-corrected chi connectivity index (χ3v) is 3.31. The van der Waals surface area contributed by atoms with Crippen molar-refractivity contribution in [1.29, 1.82) is 0 Å². The first-order valence-electron chi connectivity index (χ1n) is 5.93. The van der Waals surface area contributed by atoms with Gasteiger partial charge >= 0.3 is 5.69 Å². The Balaban J connectivity index is 0.00000200. The molecule has 2 N–H and O–H groups in total. The zero-order chi connectivity index (χ0) is 14.3. The molecule has 0 aromatic carbocycles. The summed E-state index contributed by atoms with van der Waals surface area (Å²) >= 11 is 0. The molecule has 1 aliphatic rings. The van der Waals surface area contributed by atoms with Gasteiger partial charge in [-0.1, -0.05) is 0 Å². The SMILES string of the molecule is CN1CN(CC(O)CO)c2c1n(C)c(=O)n(C)c2=O.I. The topological polar surface area (TPSA) is 90.9 Å². The van der Waals surface area contributed by atoms with Crippen LogP contribution in [-0.2, 0) is 14.1 Å². The molecule has 114 valence electrons. The number of aliphatic hydroxyl groups excluding tert-OH is 2. The van der Waals surface area contributed by atoms with E-state index in [1.54, 1.807) is 23.9 Å². The average Bonchev–Trinajstić information content (AvgIpc) is 2.70. The molecule has 0 saturated carbocycles. The number of nitrogens with zero attached hydrogens (tertiary/aromatic N) is 4. The highest BCUT2D eigenvalue weighted by Gasteiger charge is 2.31. The Morgan fingerprint density at radius 2 is 1.80 bits per heavy atom. The molecule has 1 aromatic heterocycles. The van der Waals surface area contributed by atoms with Crippen molar-refractivity contribution in [2.75, 3.05) is 36.7 Å². The number of anilines is 2. The highest BCUT2D eigenvalue weighted by molar-refractivity contribution is 14.0. The normalized spacial score (nSPS) is 15.1. The highest BCUT2D eigenvalue weighted by atomic mass is 127. The Morgan fingerprint density at radius 3 is 2.35 bits per heavy atom. The molecule has 8 nitrogen and oxygen atoms in total. The van der Waals surface area contributed by atoms with Crippen molar-refractivity contribution in [3.8, 4) is 0 Å². The van der Waals surface area contributed by atoms with E-state index in [1.807, 2.05) is 0 Å². The number of aliphatic hydroxyl groups is 2. The molecule has 9 heteroatoms. The Kier molecular flexibility index (Phi) is 5.21. The second kappa shape index (κ2) is 6.14. The van der Waals surface area contributed by atoms with E-state index in [-0.39, 0.29) is 42.8 Å². The van der Waals surface area contributed by atoms with Crippen molar-refractivity contribution < 1.29 is 10.2 Å². The van der Waals surface area contributed by atoms with Gasteiger partial charge in [-0.25, -0.2) is 4.79 Å². The van der Waals surface area contributed by atoms with E-state index in [1.165, 1.54) is 11.6 Å². The van der Waals surface area contributed by atoms with Gasteiger partial charge in [0.1, 0.15) is 11.5 Å². The van der Waals surface area contributed by atoms with Gasteiger partial charge in [0, 0.05) is 27.7 Å². The number of hydrogen-bond donors (Lipinski definition) is 2. The van der Waals surface area contributed by atoms with Gasteiger partial charge in [-0.3, -0.25) is 13.9 Å². The number of fused-ring (bicyclic) bond motifs is 1. The fourth-order valence-corrected chi connectivity index (χ4v) is 2.38. The summed E-state index contributed by atoms with van der Waals surface area (Å²) in [4.78, 5) is 27.5. The molecule has 0 bridgehead atoms. The molecule has 0 spiro atoms. The maximum atomic E-state index is 12.2. The minimum atomic E-state index is -0.929. The van der Waals surface area contributed by atoms with E-state index in [4.69, 9.17) is 5.11 Å². The summed E-state index contributed by atoms with van der Waals surface area (Å²) in [5, 5.41) is 18.4. The Morgan fingerprint density at radius 1 is 1.20 bits per heavy atom. The number of rotatable bonds is 3. The maximum absolute atomic E-state index is 12.2. The largest absolute Gasteiger partial charge is 0.394 e. The van der Waals surface area contributed by atoms with Crippen LogP contribution in [0.5, 0.6) is 0 Å². The highest BCUT2D eigenvalue weighted by Crippen LogP contribution is 2.29. The lowest BCUT2D eigenvalue weighted by molar-refractivity contribution is 0.100. The summed E-state index contributed by atoms with van der Waals surface area (Å²) < 4.78 is 2.44. The summed E-state index contributed by atoms with van der Waals surface area (Å²) in [7, 11) is 4.79. The monoisotopic (exact) mass is 398 g/mol. The molecule has 0 fully saturated rings. The van der Waals surface area contributed by atoms with Crippen molar-refractivity contribution in [3.63, 3.8) is 0 Å². The summed E-state index contributed by atoms with van der Waals surface area (Å²) in [5.74, 6) is 0.526. The molecule has 0 aliphatic carbocycles. The number of hydrogen-bond acceptors (Lipinski definition) is 6. The van der Waals surface area contributed by atoms with Gasteiger partial charge in [-0.15, -0.1) is 24.0 Å². The fourth-order valence-electron chi connectivity index (χ4n) is 2.38. The van der Waals surface area contributed by atoms with E-state index in [2.05, 4.69) is 0 Å². The third-order valence-electron chi connectivity index (χ3n) is 3.31. The number of aromatic nitrogens is 2. The molecular weight excluding hydrogens is 379 g/mol. The van der Waals surface area contributed by atoms with Crippen LogP contribution in [-0.4, -0.2) is 52.3 Å². The second-order valence-corrected chi connectivity index (χ2v) is 4.78. The first-order valence-corrected chi connectivity index (χ1v) is 5.93. The van der Waals surface area contributed by atoms with Crippen LogP contribution in [0.3, 0.4) is 0 Å². The van der Waals surface area contributed by atoms with Crippen molar-refractivity contribution >= 4 is 35.5 Å². The first-order chi connectivity index (χ1) is 8.88. The first kappa shape index (κ1) is 17.0. The molecule has 1 atom stereocenters. The molecule has 1 unspecified atom stereocenters. The van der Waals surface area contributed by atoms with Crippen LogP contribution in [0.1, 0.15) is 0 Å². The van der Waals surface area contributed by atoms with Gasteiger partial charge < -0.3 is 20.0 Å². The van der Waals surface area contributed by atoms with Gasteiger partial charge in [0.05, 0.1) is 19.4 Å². The van der Waals surface area contributed by atoms with Crippen LogP contribution >= 0.6 is 24.0 Å². The van der Waals surface area contributed by atoms with E-state index in [9.17, 15) is 14.7 Å². The quantitative estimate of drug-likeness (QED) is 0.589. The van der Waals surface area contributed by atoms with Crippen molar-refractivity contribution in [2.24, 2.45) is 14.1 Å². The Hall–Kier alpha value is -1.07. The van der Waals surface area contributed by atoms with Crippen molar-refractivity contribution in [2.45, 2.75) is 6.10 Å². The molecule has 0 saturated heterocycles. The fraction of sp³-hybridized carbons (Fsp3) is 0.636. The summed E-state index contributed by atoms with van der Waals surface area (Å²) in [5.41, 5.74) is -0.410. The van der Waals surface area contributed by atoms with Crippen LogP contribution < -0.4 is 21.0 Å². The van der Waals surface area contributed by atoms with Crippen molar-refractivity contribution in [3.05, 3.63) is 20.8 Å². The lowest BCUT2D eigenvalue weighted by Crippen LogP contribution is -2.41. The molecule has 0 radical (unpaired) electrons. The van der Waals surface area contributed by atoms with E-state index in [0.29, 0.717) is 18.2 Å². The van der Waals surface area contributed by atoms with E-state index >= 15 is 0 Å². The Labute approximate surface area is 132 Å². The molecule has 20 heavy (non-hydrogen) atoms. The second-order valence-electron chi connectivity index (χ2n) is 4.78. The van der Waals surface area contributed by atoms with Crippen LogP contribution in [0.15, 0.2) is 9.59 Å². The number of halogens is 1. The van der Waals surface area contributed by atoms with Crippen LogP contribution in [0.4, 0.5) is 11.5 Å². The lowest BCUT2D eigenvalue weighted by Gasteiger charge is -2.20. The van der Waals surface area contributed by atoms with Gasteiger partial charge in [0.15, 0.2) is 0 Å². The molecule has 2 rings (SSSR count). The molecule has 2 heterocycles. The summed E-state index contributed by atoms with van der Waals surface area (Å²) in [6.07, 6.45) is -0.929. The minimum Gasteiger partial charge on any atom is -0.394 e. The van der Waals surface area contributed by atoms with Crippen LogP contribution in [0.25, 0.3) is 0 Å². The van der Waals surface area contributed by atoms with Crippen molar-refractivity contribution in [1.82, 2.24) is 9.13 Å². The number of β-amino-alcohol motifs (C(OH)–C–C–N with tert-alkyl or cyclic N) is 1. The summed E-state index contributed by atoms with van der Waals surface area (Å²) in [6.45, 7) is 0.155. The summed E-state index contributed by atoms with van der Waals surface area (Å²) in [6, 6.07) is 0. The Bertz CT molecular complexity index is 612. The predicted octanol–water partition coefficient (Wildman–Crippen LogP) is -1.73. The average molecular weight is 398 g/mol. The van der Waals surface area contributed by atoms with Gasteiger partial charge in [-0.05, 0) is 0 Å². The maximum Gasteiger partial charge on any atom is 0.332 e. The third kappa shape index (κ3) is 2.56. The lowest BCUT2D eigenvalue weighted by atomic mass is 10.3. The zero-order valence-electron chi connectivity index (χ0n) is 11.6. The smallest absolute Gasteiger partial charge is 0.332 e. The van der Waals surface area contributed by atoms with Crippen LogP contribution in [0.2, 0.25) is 0 Å². The predicted molar refractivity (Wildman–Crippen MR) is 86.0 cm³/mol. The van der Waals surface area contributed by atoms with E-state index < -0.39 is 11.7 Å². The van der Waals surface area contributed by atoms with E-state index in [0.717, 1.165) is 4.57 Å². The minimum absolute atomic E-state index is 0. The zero-order valence-corrected chi connectivity index (χ0v) is 13.9. The molecule has 1 aliphatic heterocycles. The van der Waals surface area contributed by atoms with Gasteiger partial charge in [0.25, 0.3) is 5.56 Å². The van der Waals surface area contributed by atoms with Gasteiger partial charge in [0.2, 0.25) is 0 Å².